The number of amides is 1. The van der Waals surface area contributed by atoms with Crippen LogP contribution in [-0.4, -0.2) is 29.7 Å². The lowest BCUT2D eigenvalue weighted by atomic mass is 10.0. The smallest absolute Gasteiger partial charge is 0.214 e. The van der Waals surface area contributed by atoms with E-state index in [1.807, 2.05) is 0 Å². The average Bonchev–Trinajstić information content (AvgIpc) is 1.84. The molecule has 1 heterocycles. The number of nitrogens with two attached hydrogens (primary N) is 1. The van der Waals surface area contributed by atoms with Crippen molar-refractivity contribution in [3.63, 3.8) is 0 Å². The van der Waals surface area contributed by atoms with Crippen LogP contribution in [0.15, 0.2) is 0 Å². The molecule has 0 aromatic heterocycles. The first-order valence-corrected chi connectivity index (χ1v) is 4.20. The van der Waals surface area contributed by atoms with Gasteiger partial charge in [-0.15, -0.1) is 0 Å². The molecule has 0 radical (unpaired) electrons. The van der Waals surface area contributed by atoms with E-state index in [9.17, 15) is 4.79 Å². The van der Waals surface area contributed by atoms with Crippen molar-refractivity contribution in [2.24, 2.45) is 5.73 Å². The first-order chi connectivity index (χ1) is 5.52. The van der Waals surface area contributed by atoms with Gasteiger partial charge in [-0.1, -0.05) is 0 Å². The molecule has 1 rings (SSSR count). The summed E-state index contributed by atoms with van der Waals surface area (Å²) in [6, 6.07) is 0.513. The maximum absolute atomic E-state index is 9.22. The summed E-state index contributed by atoms with van der Waals surface area (Å²) in [7, 11) is 0. The first-order valence-electron chi connectivity index (χ1n) is 4.20. The molecule has 0 aromatic rings. The van der Waals surface area contributed by atoms with Crippen molar-refractivity contribution in [1.82, 2.24) is 5.32 Å². The molecule has 2 atom stereocenters. The Bertz CT molecular complexity index is 127. The van der Waals surface area contributed by atoms with Gasteiger partial charge in [-0.05, 0) is 26.3 Å². The zero-order valence-electron chi connectivity index (χ0n) is 7.71. The van der Waals surface area contributed by atoms with E-state index >= 15 is 0 Å². The van der Waals surface area contributed by atoms with Gasteiger partial charge in [0.2, 0.25) is 5.91 Å². The number of carbonyl (C=O) groups excluding carboxylic acids is 1. The highest BCUT2D eigenvalue weighted by molar-refractivity contribution is 5.70. The number of primary amides is 1. The normalized spacial score (nSPS) is 28.6. The monoisotopic (exact) mass is 174 g/mol. The molecule has 0 aliphatic carbocycles. The number of nitrogens with one attached hydrogen (secondary N) is 1. The van der Waals surface area contributed by atoms with Gasteiger partial charge in [-0.3, -0.25) is 4.79 Å². The van der Waals surface area contributed by atoms with Crippen molar-refractivity contribution < 1.29 is 9.90 Å². The number of hydrogen-bond donors (Lipinski definition) is 3. The third kappa shape index (κ3) is 7.50. The van der Waals surface area contributed by atoms with Gasteiger partial charge in [0.1, 0.15) is 0 Å². The second-order valence-electron chi connectivity index (χ2n) is 3.14. The minimum atomic E-state index is -0.333. The van der Waals surface area contributed by atoms with Crippen LogP contribution in [0.4, 0.5) is 0 Å². The molecular formula is C8H18N2O2. The molecule has 1 saturated heterocycles. The van der Waals surface area contributed by atoms with Crippen LogP contribution in [0.2, 0.25) is 0 Å². The summed E-state index contributed by atoms with van der Waals surface area (Å²) in [4.78, 5) is 9.22. The van der Waals surface area contributed by atoms with Crippen LogP contribution in [0, 0.1) is 0 Å². The van der Waals surface area contributed by atoms with Gasteiger partial charge >= 0.3 is 0 Å². The molecule has 4 N–H and O–H groups in total. The van der Waals surface area contributed by atoms with Gasteiger partial charge < -0.3 is 16.2 Å². The van der Waals surface area contributed by atoms with Crippen LogP contribution >= 0.6 is 0 Å². The standard InChI is InChI=1S/C6H13NO.C2H5NO/c1-5-4-6(8)2-3-7-5;1-2(3)4/h5-8H,2-4H2,1H3;1H3,(H2,3,4). The van der Waals surface area contributed by atoms with Gasteiger partial charge in [0.25, 0.3) is 0 Å². The van der Waals surface area contributed by atoms with E-state index in [-0.39, 0.29) is 12.0 Å². The molecule has 2 unspecified atom stereocenters. The highest BCUT2D eigenvalue weighted by atomic mass is 16.3. The van der Waals surface area contributed by atoms with Crippen LogP contribution in [-0.2, 0) is 4.79 Å². The summed E-state index contributed by atoms with van der Waals surface area (Å²) in [5.41, 5.74) is 4.47. The fourth-order valence-corrected chi connectivity index (χ4v) is 1.11. The maximum atomic E-state index is 9.22. The van der Waals surface area contributed by atoms with E-state index in [0.717, 1.165) is 19.4 Å². The van der Waals surface area contributed by atoms with Gasteiger partial charge in [-0.25, -0.2) is 0 Å². The Morgan fingerprint density at radius 3 is 2.42 bits per heavy atom. The van der Waals surface area contributed by atoms with Crippen molar-refractivity contribution in [1.29, 1.82) is 0 Å². The van der Waals surface area contributed by atoms with Crippen LogP contribution in [0.5, 0.6) is 0 Å². The van der Waals surface area contributed by atoms with E-state index in [1.54, 1.807) is 0 Å². The second kappa shape index (κ2) is 5.97. The lowest BCUT2D eigenvalue weighted by molar-refractivity contribution is -0.115. The molecule has 1 fully saturated rings. The topological polar surface area (TPSA) is 75.4 Å². The number of piperidine rings is 1. The molecule has 0 saturated carbocycles. The summed E-state index contributed by atoms with van der Waals surface area (Å²) in [6.07, 6.45) is 1.79. The molecule has 12 heavy (non-hydrogen) atoms. The Morgan fingerprint density at radius 2 is 2.17 bits per heavy atom. The SMILES string of the molecule is CC(N)=O.CC1CC(O)CCN1. The third-order valence-corrected chi connectivity index (χ3v) is 1.60. The van der Waals surface area contributed by atoms with Gasteiger partial charge in [-0.2, -0.15) is 0 Å². The minimum absolute atomic E-state index is 0.0498. The fourth-order valence-electron chi connectivity index (χ4n) is 1.11. The van der Waals surface area contributed by atoms with E-state index in [4.69, 9.17) is 5.11 Å². The Kier molecular flexibility index (Phi) is 5.66. The largest absolute Gasteiger partial charge is 0.393 e. The summed E-state index contributed by atoms with van der Waals surface area (Å²) < 4.78 is 0. The Morgan fingerprint density at radius 1 is 1.67 bits per heavy atom. The van der Waals surface area contributed by atoms with Gasteiger partial charge in [0.15, 0.2) is 0 Å². The summed E-state index contributed by atoms with van der Waals surface area (Å²) in [5, 5.41) is 12.3. The highest BCUT2D eigenvalue weighted by Gasteiger charge is 2.14. The van der Waals surface area contributed by atoms with E-state index in [2.05, 4.69) is 18.0 Å². The lowest BCUT2D eigenvalue weighted by Crippen LogP contribution is -2.37. The molecule has 72 valence electrons. The predicted octanol–water partition coefficient (Wildman–Crippen LogP) is -0.389. The molecule has 0 spiro atoms. The number of aliphatic hydroxyl groups excluding tert-OH is 1. The lowest BCUT2D eigenvalue weighted by Gasteiger charge is -2.23. The summed E-state index contributed by atoms with van der Waals surface area (Å²) in [6.45, 7) is 4.38. The summed E-state index contributed by atoms with van der Waals surface area (Å²) in [5.74, 6) is -0.333. The first kappa shape index (κ1) is 11.4. The molecule has 0 bridgehead atoms. The highest BCUT2D eigenvalue weighted by Crippen LogP contribution is 2.06. The molecule has 4 nitrogen and oxygen atoms in total. The van der Waals surface area contributed by atoms with Crippen molar-refractivity contribution in [3.05, 3.63) is 0 Å². The van der Waals surface area contributed by atoms with Crippen molar-refractivity contribution in [2.75, 3.05) is 6.54 Å². The average molecular weight is 174 g/mol. The third-order valence-electron chi connectivity index (χ3n) is 1.60. The Labute approximate surface area is 73.1 Å². The molecule has 1 aliphatic rings. The molecule has 1 aliphatic heterocycles. The predicted molar refractivity (Wildman–Crippen MR) is 47.6 cm³/mol. The fraction of sp³-hybridized carbons (Fsp3) is 0.875. The second-order valence-corrected chi connectivity index (χ2v) is 3.14. The van der Waals surface area contributed by atoms with Crippen molar-refractivity contribution in [2.45, 2.75) is 38.8 Å². The number of hydrogen-bond acceptors (Lipinski definition) is 3. The van der Waals surface area contributed by atoms with Crippen LogP contribution in [0.25, 0.3) is 0 Å². The van der Waals surface area contributed by atoms with Crippen LogP contribution < -0.4 is 11.1 Å². The quantitative estimate of drug-likeness (QED) is 0.468. The minimum Gasteiger partial charge on any atom is -0.393 e. The Balaban J connectivity index is 0.000000261. The number of rotatable bonds is 0. The number of carbonyl (C=O) groups is 1. The summed E-state index contributed by atoms with van der Waals surface area (Å²) >= 11 is 0. The molecule has 4 heteroatoms. The zero-order valence-corrected chi connectivity index (χ0v) is 7.71. The molecule has 0 aromatic carbocycles. The van der Waals surface area contributed by atoms with Crippen molar-refractivity contribution in [3.8, 4) is 0 Å². The van der Waals surface area contributed by atoms with E-state index in [1.165, 1.54) is 6.92 Å². The van der Waals surface area contributed by atoms with Crippen molar-refractivity contribution >= 4 is 5.91 Å². The van der Waals surface area contributed by atoms with Crippen LogP contribution in [0.3, 0.4) is 0 Å². The molecule has 1 amide bonds. The van der Waals surface area contributed by atoms with Crippen LogP contribution in [0.1, 0.15) is 26.7 Å². The zero-order chi connectivity index (χ0) is 9.56. The Hall–Kier alpha value is -0.610. The molecular weight excluding hydrogens is 156 g/mol. The van der Waals surface area contributed by atoms with Gasteiger partial charge in [0.05, 0.1) is 6.10 Å². The van der Waals surface area contributed by atoms with Gasteiger partial charge in [0, 0.05) is 13.0 Å². The van der Waals surface area contributed by atoms with E-state index < -0.39 is 0 Å². The van der Waals surface area contributed by atoms with E-state index in [0.29, 0.717) is 6.04 Å². The maximum Gasteiger partial charge on any atom is 0.214 e. The number of aliphatic hydroxyl groups is 1.